The normalized spacial score (nSPS) is 13.9. The van der Waals surface area contributed by atoms with Gasteiger partial charge in [0.25, 0.3) is 0 Å². The van der Waals surface area contributed by atoms with Crippen LogP contribution in [0.1, 0.15) is 149 Å². The highest BCUT2D eigenvalue weighted by Gasteiger charge is 2.18. The third-order valence-electron chi connectivity index (χ3n) is 8.52. The summed E-state index contributed by atoms with van der Waals surface area (Å²) >= 11 is 0. The topological polar surface area (TPSA) is 119 Å². The predicted octanol–water partition coefficient (Wildman–Crippen LogP) is 12.2. The third-order valence-corrected chi connectivity index (χ3v) is 8.52. The summed E-state index contributed by atoms with van der Waals surface area (Å²) in [7, 11) is 0. The Bertz CT molecular complexity index is 1280. The first-order valence-electron chi connectivity index (χ1n) is 21.4. The number of allylic oxidation sites excluding steroid dienone is 19. The summed E-state index contributed by atoms with van der Waals surface area (Å²) < 4.78 is 5.88. The zero-order chi connectivity index (χ0) is 41.0. The van der Waals surface area contributed by atoms with Crippen molar-refractivity contribution in [2.24, 2.45) is 5.73 Å². The fourth-order valence-electron chi connectivity index (χ4n) is 5.38. The van der Waals surface area contributed by atoms with Crippen LogP contribution in [0.4, 0.5) is 0 Å². The Balaban J connectivity index is 4.58. The second-order valence-electron chi connectivity index (χ2n) is 13.6. The van der Waals surface area contributed by atoms with Gasteiger partial charge in [-0.05, 0) is 115 Å². The molecule has 7 nitrogen and oxygen atoms in total. The van der Waals surface area contributed by atoms with Gasteiger partial charge in [0.2, 0.25) is 5.91 Å². The minimum absolute atomic E-state index is 0.186. The maximum atomic E-state index is 12.7. The maximum Gasteiger partial charge on any atom is 0.326 e. The van der Waals surface area contributed by atoms with Crippen molar-refractivity contribution >= 4 is 17.8 Å². The summed E-state index contributed by atoms with van der Waals surface area (Å²) in [5, 5.41) is 11.9. The SMILES string of the molecule is CC/C=C\C/C=C\C/C=C\C/C=C\C/C=C\C/C=C\CCC(=O)OC(/C=C\C/C=C\C/C=C\C/C=C\CC)CCCCCCCC(=O)NC(CCCN)C(=O)O. The molecule has 2 atom stereocenters. The van der Waals surface area contributed by atoms with E-state index in [4.69, 9.17) is 10.5 Å². The van der Waals surface area contributed by atoms with Crippen LogP contribution in [0.25, 0.3) is 0 Å². The van der Waals surface area contributed by atoms with Gasteiger partial charge >= 0.3 is 11.9 Å². The minimum Gasteiger partial charge on any atom is -0.480 e. The van der Waals surface area contributed by atoms with Gasteiger partial charge in [-0.2, -0.15) is 0 Å². The van der Waals surface area contributed by atoms with Gasteiger partial charge in [0, 0.05) is 12.8 Å². The first-order chi connectivity index (χ1) is 27.4. The predicted molar refractivity (Wildman–Crippen MR) is 238 cm³/mol. The van der Waals surface area contributed by atoms with Gasteiger partial charge in [-0.3, -0.25) is 9.59 Å². The van der Waals surface area contributed by atoms with E-state index in [1.807, 2.05) is 12.2 Å². The standard InChI is InChI=1S/C49H76N2O5/c1-3-5-7-9-11-13-15-16-17-18-19-20-21-22-24-26-28-33-37-43-48(53)56-45(39-34-30-27-25-23-14-12-10-8-6-4-2)40-35-31-29-32-36-42-47(52)51-46(49(54)55)41-38-44-50/h5-8,11-14,16-17,19-20,22,24-25,27-28,33-34,39,45-46H,3-4,9-10,15,18,21,23,26,29-32,35-38,40-44,50H2,1-2H3,(H,51,52)(H,54,55)/b7-5-,8-6-,13-11-,14-12-,17-16-,20-19-,24-22-,27-25-,33-28-,39-34-. The highest BCUT2D eigenvalue weighted by molar-refractivity contribution is 5.83. The molecule has 0 heterocycles. The van der Waals surface area contributed by atoms with E-state index in [0.29, 0.717) is 45.1 Å². The number of carbonyl (C=O) groups is 3. The molecule has 56 heavy (non-hydrogen) atoms. The summed E-state index contributed by atoms with van der Waals surface area (Å²) in [5.41, 5.74) is 5.48. The molecule has 0 aliphatic rings. The van der Waals surface area contributed by atoms with Gasteiger partial charge < -0.3 is 20.9 Å². The molecule has 4 N–H and O–H groups in total. The van der Waals surface area contributed by atoms with Gasteiger partial charge in [0.05, 0.1) is 0 Å². The van der Waals surface area contributed by atoms with E-state index in [1.165, 1.54) is 0 Å². The van der Waals surface area contributed by atoms with Crippen molar-refractivity contribution in [1.82, 2.24) is 5.32 Å². The van der Waals surface area contributed by atoms with E-state index in [1.54, 1.807) is 0 Å². The van der Waals surface area contributed by atoms with E-state index in [2.05, 4.69) is 129 Å². The number of carboxylic acids is 1. The molecule has 0 aromatic heterocycles. The molecule has 1 amide bonds. The number of carbonyl (C=O) groups excluding carboxylic acids is 2. The zero-order valence-electron chi connectivity index (χ0n) is 34.9. The van der Waals surface area contributed by atoms with E-state index in [-0.39, 0.29) is 18.0 Å². The van der Waals surface area contributed by atoms with Crippen molar-refractivity contribution in [3.8, 4) is 0 Å². The van der Waals surface area contributed by atoms with Crippen molar-refractivity contribution in [3.05, 3.63) is 122 Å². The first-order valence-corrected chi connectivity index (χ1v) is 21.4. The molecule has 0 rings (SSSR count). The second-order valence-corrected chi connectivity index (χ2v) is 13.6. The molecule has 0 aromatic carbocycles. The molecule has 0 aromatic rings. The number of rotatable bonds is 36. The largest absolute Gasteiger partial charge is 0.480 e. The van der Waals surface area contributed by atoms with Crippen molar-refractivity contribution in [2.45, 2.75) is 161 Å². The number of nitrogens with one attached hydrogen (secondary N) is 1. The molecule has 0 radical (unpaired) electrons. The summed E-state index contributed by atoms with van der Waals surface area (Å²) in [6.45, 7) is 4.68. The first kappa shape index (κ1) is 51.8. The van der Waals surface area contributed by atoms with Crippen LogP contribution in [-0.2, 0) is 19.1 Å². The van der Waals surface area contributed by atoms with E-state index in [9.17, 15) is 19.5 Å². The number of hydrogen-bond donors (Lipinski definition) is 3. The number of unbranched alkanes of at least 4 members (excludes halogenated alkanes) is 4. The highest BCUT2D eigenvalue weighted by Crippen LogP contribution is 2.14. The van der Waals surface area contributed by atoms with E-state index >= 15 is 0 Å². The quantitative estimate of drug-likeness (QED) is 0.0331. The summed E-state index contributed by atoms with van der Waals surface area (Å²) in [6, 6.07) is -0.880. The summed E-state index contributed by atoms with van der Waals surface area (Å²) in [6.07, 6.45) is 59.8. The Morgan fingerprint density at radius 2 is 0.964 bits per heavy atom. The fourth-order valence-corrected chi connectivity index (χ4v) is 5.38. The van der Waals surface area contributed by atoms with Crippen LogP contribution in [0.2, 0.25) is 0 Å². The summed E-state index contributed by atoms with van der Waals surface area (Å²) in [4.78, 5) is 36.3. The Morgan fingerprint density at radius 3 is 1.43 bits per heavy atom. The Morgan fingerprint density at radius 1 is 0.536 bits per heavy atom. The van der Waals surface area contributed by atoms with Crippen LogP contribution >= 0.6 is 0 Å². The molecule has 0 fully saturated rings. The summed E-state index contributed by atoms with van der Waals surface area (Å²) in [5.74, 6) is -1.44. The van der Waals surface area contributed by atoms with Crippen LogP contribution < -0.4 is 11.1 Å². The molecule has 0 aliphatic heterocycles. The molecule has 7 heteroatoms. The van der Waals surface area contributed by atoms with Crippen LogP contribution in [0.15, 0.2) is 122 Å². The number of aliphatic carboxylic acids is 1. The molecule has 0 saturated heterocycles. The average molecular weight is 773 g/mol. The lowest BCUT2D eigenvalue weighted by molar-refractivity contribution is -0.147. The van der Waals surface area contributed by atoms with Gasteiger partial charge in [-0.1, -0.05) is 149 Å². The van der Waals surface area contributed by atoms with E-state index in [0.717, 1.165) is 96.3 Å². The van der Waals surface area contributed by atoms with Crippen LogP contribution in [0, 0.1) is 0 Å². The molecular formula is C49H76N2O5. The molecule has 0 saturated carbocycles. The number of nitrogens with two attached hydrogens (primary N) is 1. The van der Waals surface area contributed by atoms with Crippen LogP contribution in [-0.4, -0.2) is 41.6 Å². The number of ether oxygens (including phenoxy) is 1. The second kappa shape index (κ2) is 41.9. The van der Waals surface area contributed by atoms with Gasteiger partial charge in [-0.15, -0.1) is 0 Å². The van der Waals surface area contributed by atoms with Crippen LogP contribution in [0.5, 0.6) is 0 Å². The molecular weight excluding hydrogens is 697 g/mol. The number of esters is 1. The monoisotopic (exact) mass is 773 g/mol. The lowest BCUT2D eigenvalue weighted by atomic mass is 10.1. The molecule has 312 valence electrons. The molecule has 0 spiro atoms. The van der Waals surface area contributed by atoms with E-state index < -0.39 is 12.0 Å². The smallest absolute Gasteiger partial charge is 0.326 e. The lowest BCUT2D eigenvalue weighted by Gasteiger charge is -2.15. The van der Waals surface area contributed by atoms with Crippen LogP contribution in [0.3, 0.4) is 0 Å². The Labute approximate surface area is 341 Å². The molecule has 2 unspecified atom stereocenters. The fraction of sp³-hybridized carbons (Fsp3) is 0.531. The zero-order valence-corrected chi connectivity index (χ0v) is 34.9. The maximum absolute atomic E-state index is 12.7. The molecule has 0 aliphatic carbocycles. The van der Waals surface area contributed by atoms with Gasteiger partial charge in [0.1, 0.15) is 12.1 Å². The van der Waals surface area contributed by atoms with Crippen molar-refractivity contribution < 1.29 is 24.2 Å². The van der Waals surface area contributed by atoms with Gasteiger partial charge in [0.15, 0.2) is 0 Å². The van der Waals surface area contributed by atoms with Crippen molar-refractivity contribution in [2.75, 3.05) is 6.54 Å². The molecule has 0 bridgehead atoms. The number of carboxylic acid groups (broad SMARTS) is 1. The third kappa shape index (κ3) is 38.1. The lowest BCUT2D eigenvalue weighted by Crippen LogP contribution is -2.40. The minimum atomic E-state index is -1.02. The van der Waals surface area contributed by atoms with Crippen molar-refractivity contribution in [1.29, 1.82) is 0 Å². The Hall–Kier alpha value is -4.23. The van der Waals surface area contributed by atoms with Crippen molar-refractivity contribution in [3.63, 3.8) is 0 Å². The highest BCUT2D eigenvalue weighted by atomic mass is 16.5. The number of hydrogen-bond acceptors (Lipinski definition) is 5. The number of amides is 1. The average Bonchev–Trinajstić information content (AvgIpc) is 3.18. The Kier molecular flexibility index (Phi) is 38.8. The van der Waals surface area contributed by atoms with Gasteiger partial charge in [-0.25, -0.2) is 4.79 Å².